The molecular weight excluding hydrogens is 278 g/mol. The van der Waals surface area contributed by atoms with Crippen LogP contribution in [-0.4, -0.2) is 54.7 Å². The maximum Gasteiger partial charge on any atom is 0.228 e. The Kier molecular flexibility index (Phi) is 4.62. The zero-order chi connectivity index (χ0) is 15.5. The summed E-state index contributed by atoms with van der Waals surface area (Å²) >= 11 is 0. The van der Waals surface area contributed by atoms with Crippen molar-refractivity contribution in [1.29, 1.82) is 0 Å². The highest BCUT2D eigenvalue weighted by Gasteiger charge is 2.33. The molecule has 1 aromatic rings. The van der Waals surface area contributed by atoms with Crippen LogP contribution in [-0.2, 0) is 9.53 Å². The molecule has 3 heterocycles. The van der Waals surface area contributed by atoms with E-state index in [0.29, 0.717) is 0 Å². The van der Waals surface area contributed by atoms with Crippen LogP contribution in [0.3, 0.4) is 0 Å². The van der Waals surface area contributed by atoms with E-state index in [1.807, 2.05) is 30.3 Å². The van der Waals surface area contributed by atoms with Gasteiger partial charge in [0, 0.05) is 39.0 Å². The molecular formula is C17H25N3O2. The minimum absolute atomic E-state index is 0.0421. The number of piperazine rings is 1. The second-order valence-corrected chi connectivity index (χ2v) is 6.30. The van der Waals surface area contributed by atoms with Crippen molar-refractivity contribution in [3.05, 3.63) is 24.0 Å². The molecule has 0 aromatic carbocycles. The average molecular weight is 303 g/mol. The summed E-state index contributed by atoms with van der Waals surface area (Å²) in [6, 6.07) is 2.04. The SMILES string of the molecule is Cc1ccncc1N1CCN(C(=O)C2CCCOC2C)CC1. The van der Waals surface area contributed by atoms with Crippen LogP contribution >= 0.6 is 0 Å². The fourth-order valence-electron chi connectivity index (χ4n) is 3.44. The molecule has 5 nitrogen and oxygen atoms in total. The number of anilines is 1. The predicted molar refractivity (Wildman–Crippen MR) is 85.9 cm³/mol. The molecule has 5 heteroatoms. The van der Waals surface area contributed by atoms with Gasteiger partial charge < -0.3 is 14.5 Å². The highest BCUT2D eigenvalue weighted by atomic mass is 16.5. The van der Waals surface area contributed by atoms with Crippen molar-refractivity contribution in [1.82, 2.24) is 9.88 Å². The van der Waals surface area contributed by atoms with Gasteiger partial charge in [0.15, 0.2) is 0 Å². The van der Waals surface area contributed by atoms with Crippen molar-refractivity contribution in [2.75, 3.05) is 37.7 Å². The number of carbonyl (C=O) groups excluding carboxylic acids is 1. The molecule has 2 fully saturated rings. The molecule has 0 radical (unpaired) electrons. The number of rotatable bonds is 2. The van der Waals surface area contributed by atoms with E-state index in [2.05, 4.69) is 16.8 Å². The first-order valence-electron chi connectivity index (χ1n) is 8.23. The number of carbonyl (C=O) groups is 1. The summed E-state index contributed by atoms with van der Waals surface area (Å²) in [7, 11) is 0. The number of nitrogens with zero attached hydrogens (tertiary/aromatic N) is 3. The maximum atomic E-state index is 12.7. The van der Waals surface area contributed by atoms with Gasteiger partial charge in [-0.3, -0.25) is 9.78 Å². The van der Waals surface area contributed by atoms with E-state index < -0.39 is 0 Å². The molecule has 1 amide bonds. The van der Waals surface area contributed by atoms with Crippen molar-refractivity contribution < 1.29 is 9.53 Å². The Bertz CT molecular complexity index is 526. The number of hydrogen-bond donors (Lipinski definition) is 0. The number of amides is 1. The van der Waals surface area contributed by atoms with Crippen molar-refractivity contribution in [3.63, 3.8) is 0 Å². The van der Waals surface area contributed by atoms with Crippen LogP contribution in [0.25, 0.3) is 0 Å². The van der Waals surface area contributed by atoms with Crippen LogP contribution < -0.4 is 4.90 Å². The lowest BCUT2D eigenvalue weighted by Crippen LogP contribution is -2.52. The molecule has 2 unspecified atom stereocenters. The number of hydrogen-bond acceptors (Lipinski definition) is 4. The quantitative estimate of drug-likeness (QED) is 0.836. The molecule has 2 aliphatic heterocycles. The predicted octanol–water partition coefficient (Wildman–Crippen LogP) is 1.85. The number of ether oxygens (including phenoxy) is 1. The van der Waals surface area contributed by atoms with Crippen molar-refractivity contribution >= 4 is 11.6 Å². The Morgan fingerprint density at radius 3 is 2.77 bits per heavy atom. The van der Waals surface area contributed by atoms with Crippen molar-refractivity contribution in [2.24, 2.45) is 5.92 Å². The molecule has 0 saturated carbocycles. The summed E-state index contributed by atoms with van der Waals surface area (Å²) in [6.07, 6.45) is 5.75. The third-order valence-corrected chi connectivity index (χ3v) is 4.87. The van der Waals surface area contributed by atoms with Gasteiger partial charge in [-0.15, -0.1) is 0 Å². The fraction of sp³-hybridized carbons (Fsp3) is 0.647. The second kappa shape index (κ2) is 6.65. The summed E-state index contributed by atoms with van der Waals surface area (Å²) in [5.41, 5.74) is 2.42. The summed E-state index contributed by atoms with van der Waals surface area (Å²) in [5.74, 6) is 0.315. The van der Waals surface area contributed by atoms with E-state index in [1.54, 1.807) is 0 Å². The van der Waals surface area contributed by atoms with E-state index in [9.17, 15) is 4.79 Å². The van der Waals surface area contributed by atoms with Crippen LogP contribution in [0.4, 0.5) is 5.69 Å². The molecule has 120 valence electrons. The second-order valence-electron chi connectivity index (χ2n) is 6.30. The minimum atomic E-state index is 0.0421. The van der Waals surface area contributed by atoms with Crippen LogP contribution in [0.2, 0.25) is 0 Å². The van der Waals surface area contributed by atoms with E-state index in [-0.39, 0.29) is 17.9 Å². The summed E-state index contributed by atoms with van der Waals surface area (Å²) in [4.78, 5) is 21.2. The van der Waals surface area contributed by atoms with Gasteiger partial charge in [-0.25, -0.2) is 0 Å². The zero-order valence-electron chi connectivity index (χ0n) is 13.5. The number of aryl methyl sites for hydroxylation is 1. The molecule has 2 aliphatic rings. The van der Waals surface area contributed by atoms with Gasteiger partial charge in [-0.2, -0.15) is 0 Å². The van der Waals surface area contributed by atoms with Gasteiger partial charge >= 0.3 is 0 Å². The topological polar surface area (TPSA) is 45.7 Å². The third-order valence-electron chi connectivity index (χ3n) is 4.87. The Hall–Kier alpha value is -1.62. The molecule has 0 spiro atoms. The first-order chi connectivity index (χ1) is 10.7. The Labute approximate surface area is 132 Å². The summed E-state index contributed by atoms with van der Waals surface area (Å²) in [5, 5.41) is 0. The van der Waals surface area contributed by atoms with Crippen LogP contribution in [0.15, 0.2) is 18.5 Å². The Morgan fingerprint density at radius 1 is 1.32 bits per heavy atom. The Morgan fingerprint density at radius 2 is 2.09 bits per heavy atom. The lowest BCUT2D eigenvalue weighted by Gasteiger charge is -2.39. The molecule has 0 bridgehead atoms. The highest BCUT2D eigenvalue weighted by Crippen LogP contribution is 2.25. The monoisotopic (exact) mass is 303 g/mol. The van der Waals surface area contributed by atoms with Crippen LogP contribution in [0.1, 0.15) is 25.3 Å². The summed E-state index contributed by atoms with van der Waals surface area (Å²) < 4.78 is 5.64. The van der Waals surface area contributed by atoms with Crippen molar-refractivity contribution in [3.8, 4) is 0 Å². The minimum Gasteiger partial charge on any atom is -0.378 e. The normalized spacial score (nSPS) is 26.1. The summed E-state index contributed by atoms with van der Waals surface area (Å²) in [6.45, 7) is 8.25. The van der Waals surface area contributed by atoms with E-state index in [0.717, 1.165) is 45.6 Å². The lowest BCUT2D eigenvalue weighted by molar-refractivity contribution is -0.144. The first-order valence-corrected chi connectivity index (χ1v) is 8.23. The van der Waals surface area contributed by atoms with Gasteiger partial charge in [0.25, 0.3) is 0 Å². The van der Waals surface area contributed by atoms with Crippen LogP contribution in [0.5, 0.6) is 0 Å². The molecule has 22 heavy (non-hydrogen) atoms. The molecule has 3 rings (SSSR count). The molecule has 2 atom stereocenters. The standard InChI is InChI=1S/C17H25N3O2/c1-13-5-6-18-12-16(13)19-7-9-20(10-8-19)17(21)15-4-3-11-22-14(15)2/h5-6,12,14-15H,3-4,7-11H2,1-2H3. The Balaban J connectivity index is 1.59. The maximum absolute atomic E-state index is 12.7. The fourth-order valence-corrected chi connectivity index (χ4v) is 3.44. The van der Waals surface area contributed by atoms with Crippen molar-refractivity contribution in [2.45, 2.75) is 32.8 Å². The third kappa shape index (κ3) is 3.09. The lowest BCUT2D eigenvalue weighted by atomic mass is 9.93. The van der Waals surface area contributed by atoms with Gasteiger partial charge in [0.05, 0.1) is 23.9 Å². The van der Waals surface area contributed by atoms with Gasteiger partial charge in [0.2, 0.25) is 5.91 Å². The smallest absolute Gasteiger partial charge is 0.228 e. The number of pyridine rings is 1. The van der Waals surface area contributed by atoms with Gasteiger partial charge in [0.1, 0.15) is 0 Å². The van der Waals surface area contributed by atoms with Crippen LogP contribution in [0, 0.1) is 12.8 Å². The molecule has 2 saturated heterocycles. The zero-order valence-corrected chi connectivity index (χ0v) is 13.5. The van der Waals surface area contributed by atoms with E-state index in [4.69, 9.17) is 4.74 Å². The molecule has 0 aliphatic carbocycles. The molecule has 0 N–H and O–H groups in total. The van der Waals surface area contributed by atoms with E-state index in [1.165, 1.54) is 11.3 Å². The first kappa shape index (κ1) is 15.3. The van der Waals surface area contributed by atoms with Gasteiger partial charge in [-0.1, -0.05) is 0 Å². The highest BCUT2D eigenvalue weighted by molar-refractivity contribution is 5.79. The molecule has 1 aromatic heterocycles. The van der Waals surface area contributed by atoms with Gasteiger partial charge in [-0.05, 0) is 38.3 Å². The average Bonchev–Trinajstić information content (AvgIpc) is 2.55. The van der Waals surface area contributed by atoms with E-state index >= 15 is 0 Å². The largest absolute Gasteiger partial charge is 0.378 e. The number of aromatic nitrogens is 1.